The molecule has 105 heavy (non-hydrogen) atoms. The van der Waals surface area contributed by atoms with E-state index in [1.165, 1.54) is 49.8 Å². The van der Waals surface area contributed by atoms with E-state index in [1.54, 1.807) is 0 Å². The molecule has 21 heterocycles. The third-order valence-electron chi connectivity index (χ3n) is 19.3. The predicted octanol–water partition coefficient (Wildman–Crippen LogP) is -13.5. The van der Waals surface area contributed by atoms with E-state index in [-0.39, 0.29) is 138 Å². The fraction of sp³-hybridized carbons (Fsp3) is 1.00. The molecule has 0 aromatic carbocycles. The highest BCUT2D eigenvalue weighted by Crippen LogP contribution is 2.39. The van der Waals surface area contributed by atoms with E-state index in [4.69, 9.17) is 99.5 Å². The summed E-state index contributed by atoms with van der Waals surface area (Å²) in [6, 6.07) is 0. The molecule has 0 aliphatic carbocycles. The summed E-state index contributed by atoms with van der Waals surface area (Å²) in [5.74, 6) is 0. The third-order valence-corrected chi connectivity index (χ3v) is 19.3. The van der Waals surface area contributed by atoms with Crippen molar-refractivity contribution >= 4 is 0 Å². The predicted molar refractivity (Wildman–Crippen MR) is 352 cm³/mol. The maximum atomic E-state index is 12.2. The van der Waals surface area contributed by atoms with Gasteiger partial charge in [0.2, 0.25) is 0 Å². The SMILES string of the molecule is COCCNC[C@@H]1O[C@@H]2O[C@H]3[C@H](O)[C@@H](O)[C@@H](O[C@H]4[C@@H](O)[C@@H](O)[C@@H](O[C@H]5[C@@H](O)[C@@H](O)[C@@H](O[C@H]6[C@@H](O)[C@H](O)[C@@H](O[C@H]7[C@H](O)[C@@H](O)[C@@H](O[C@H]8[C@H](O)[C@@H](O)[C@@H](O[C@H]1[C@H](O)[C@H]2O)O[C@H]8CNCCOC)O[C@@H]7CNCCOC)O[C@@H]6CNCCOC)O[C@@H]5CNCCOC)O[C@@H]4CNCCOC)O[C@H]3CNCCOC. The lowest BCUT2D eigenvalue weighted by atomic mass is 9.94. The Balaban J connectivity index is 1.19. The summed E-state index contributed by atoms with van der Waals surface area (Å²) in [6.07, 6.45) is -62.4. The van der Waals surface area contributed by atoms with Crippen LogP contribution in [0.5, 0.6) is 0 Å². The number of nitrogens with one attached hydrogen (secondary N) is 7. The van der Waals surface area contributed by atoms with Crippen molar-refractivity contribution in [2.45, 2.75) is 215 Å². The van der Waals surface area contributed by atoms with Crippen molar-refractivity contribution in [1.82, 2.24) is 37.2 Å². The van der Waals surface area contributed by atoms with Gasteiger partial charge in [0.25, 0.3) is 0 Å². The lowest BCUT2D eigenvalue weighted by Gasteiger charge is -2.50. The summed E-state index contributed by atoms with van der Waals surface area (Å²) >= 11 is 0. The highest BCUT2D eigenvalue weighted by Gasteiger charge is 2.60. The minimum absolute atomic E-state index is 0.185. The van der Waals surface area contributed by atoms with Gasteiger partial charge in [-0.1, -0.05) is 0 Å². The van der Waals surface area contributed by atoms with Crippen molar-refractivity contribution in [3.05, 3.63) is 0 Å². The van der Waals surface area contributed by atoms with Crippen molar-refractivity contribution in [2.75, 3.05) is 188 Å². The Morgan fingerprint density at radius 3 is 0.400 bits per heavy atom. The zero-order valence-corrected chi connectivity index (χ0v) is 60.4. The molecule has 42 heteroatoms. The Kier molecular flexibility index (Phi) is 38.3. The van der Waals surface area contributed by atoms with Crippen LogP contribution in [0.2, 0.25) is 0 Å². The summed E-state index contributed by atoms with van der Waals surface area (Å²) in [6.45, 7) is 1.46. The Labute approximate surface area is 609 Å². The molecule has 0 spiro atoms. The number of aliphatic hydroxyl groups excluding tert-OH is 14. The van der Waals surface area contributed by atoms with Gasteiger partial charge in [-0.3, -0.25) is 0 Å². The number of hydrogen-bond acceptors (Lipinski definition) is 42. The van der Waals surface area contributed by atoms with E-state index >= 15 is 0 Å². The van der Waals surface area contributed by atoms with Gasteiger partial charge in [0, 0.05) is 141 Å². The molecular weight excluding hydrogens is 1410 g/mol. The van der Waals surface area contributed by atoms with E-state index in [2.05, 4.69) is 37.2 Å². The summed E-state index contributed by atoms with van der Waals surface area (Å²) in [5.41, 5.74) is 0. The lowest BCUT2D eigenvalue weighted by Crippen LogP contribution is -2.69. The first-order valence-electron chi connectivity index (χ1n) is 35.7. The Bertz CT molecular complexity index is 1940. The Morgan fingerprint density at radius 2 is 0.295 bits per heavy atom. The maximum Gasteiger partial charge on any atom is 0.187 e. The first-order valence-corrected chi connectivity index (χ1v) is 35.7. The molecule has 0 amide bonds. The molecule has 0 aromatic heterocycles. The summed E-state index contributed by atoms with van der Waals surface area (Å²) in [7, 11) is 10.3. The molecule has 21 rings (SSSR count). The summed E-state index contributed by atoms with van der Waals surface area (Å²) < 4.78 is 126. The molecule has 21 saturated heterocycles. The van der Waals surface area contributed by atoms with Crippen molar-refractivity contribution < 1.29 is 171 Å². The summed E-state index contributed by atoms with van der Waals surface area (Å²) in [5, 5.41) is 192. The van der Waals surface area contributed by atoms with Gasteiger partial charge in [0.1, 0.15) is 171 Å². The largest absolute Gasteiger partial charge is 0.387 e. The van der Waals surface area contributed by atoms with E-state index in [0.29, 0.717) is 0 Å². The molecule has 21 fully saturated rings. The van der Waals surface area contributed by atoms with Crippen LogP contribution in [0.3, 0.4) is 0 Å². The minimum atomic E-state index is -2.06. The van der Waals surface area contributed by atoms with E-state index in [1.807, 2.05) is 0 Å². The first-order chi connectivity index (χ1) is 50.7. The molecule has 0 saturated carbocycles. The van der Waals surface area contributed by atoms with Gasteiger partial charge in [0.05, 0.1) is 46.2 Å². The zero-order chi connectivity index (χ0) is 75.9. The lowest BCUT2D eigenvalue weighted by molar-refractivity contribution is -0.392. The van der Waals surface area contributed by atoms with Gasteiger partial charge in [-0.05, 0) is 0 Å². The second-order valence-electron chi connectivity index (χ2n) is 26.8. The number of methoxy groups -OCH3 is 7. The average Bonchev–Trinajstić information content (AvgIpc) is 0.793. The van der Waals surface area contributed by atoms with Crippen LogP contribution >= 0.6 is 0 Å². The van der Waals surface area contributed by atoms with E-state index in [0.717, 1.165) is 0 Å². The number of rotatable bonds is 35. The van der Waals surface area contributed by atoms with Crippen LogP contribution in [0, 0.1) is 0 Å². The summed E-state index contributed by atoms with van der Waals surface area (Å²) in [4.78, 5) is 0. The Hall–Kier alpha value is -1.68. The molecule has 0 radical (unpaired) electrons. The van der Waals surface area contributed by atoms with Gasteiger partial charge in [-0.15, -0.1) is 0 Å². The highest BCUT2D eigenvalue weighted by atomic mass is 16.8. The second-order valence-corrected chi connectivity index (χ2v) is 26.8. The standard InChI is InChI=1S/C63H119N7O35/c1-85-15-8-64-22-29-50-36(71)43(78)57(92-29)100-51-30(23-65-9-16-86-2)94-59(45(80)38(51)73)102-53-32(25-67-11-18-88-4)96-61(47(82)40(53)75)104-55-34(27-69-13-20-90-6)98-63(49(84)42(55)77)105-56-35(28-70-14-21-91-7)97-62(48(83)41(56)76)103-54-33(26-68-12-19-89-5)95-60(46(81)39(54)74)101-52-31(24-66-10-17-87-3)93-58(99-50)44(79)37(52)72/h29-84H,8-28H2,1-7H3/t29-,30-,31-,32-,33+,34+,35+,36+,37+,38+,39-,40-,41-,42-,43-,44-,45+,46-,47-,48-,49-,50-,51-,52-,53-,54-,55-,56-,57-,58-,59-,60-,61-,62-,63-/m1/s1. The van der Waals surface area contributed by atoms with E-state index < -0.39 is 215 Å². The van der Waals surface area contributed by atoms with Crippen LogP contribution in [0.25, 0.3) is 0 Å². The van der Waals surface area contributed by atoms with Crippen LogP contribution in [-0.2, 0) is 99.5 Å². The number of ether oxygens (including phenoxy) is 21. The molecule has 21 N–H and O–H groups in total. The van der Waals surface area contributed by atoms with Gasteiger partial charge >= 0.3 is 0 Å². The van der Waals surface area contributed by atoms with Gasteiger partial charge in [-0.25, -0.2) is 0 Å². The maximum absolute atomic E-state index is 12.2. The van der Waals surface area contributed by atoms with Crippen LogP contribution in [0.1, 0.15) is 0 Å². The Morgan fingerprint density at radius 1 is 0.181 bits per heavy atom. The van der Waals surface area contributed by atoms with Crippen LogP contribution < -0.4 is 37.2 Å². The number of hydrogen-bond donors (Lipinski definition) is 21. The molecular formula is C63H119N7O35. The molecule has 21 aliphatic heterocycles. The molecule has 35 atom stereocenters. The van der Waals surface area contributed by atoms with Crippen LogP contribution in [-0.4, -0.2) is 474 Å². The fourth-order valence-corrected chi connectivity index (χ4v) is 13.5. The van der Waals surface area contributed by atoms with Crippen LogP contribution in [0.4, 0.5) is 0 Å². The number of aliphatic hydroxyl groups is 14. The fourth-order valence-electron chi connectivity index (χ4n) is 13.5. The smallest absolute Gasteiger partial charge is 0.187 e. The van der Waals surface area contributed by atoms with Gasteiger partial charge in [0.15, 0.2) is 44.0 Å². The van der Waals surface area contributed by atoms with Crippen molar-refractivity contribution in [3.63, 3.8) is 0 Å². The van der Waals surface area contributed by atoms with Crippen LogP contribution in [0.15, 0.2) is 0 Å². The molecule has 14 bridgehead atoms. The normalized spacial score (nSPS) is 43.8. The molecule has 0 unspecified atom stereocenters. The third kappa shape index (κ3) is 23.7. The van der Waals surface area contributed by atoms with Gasteiger partial charge in [-0.2, -0.15) is 0 Å². The second kappa shape index (κ2) is 45.3. The average molecular weight is 1530 g/mol. The molecule has 616 valence electrons. The topological polar surface area (TPSA) is 561 Å². The molecule has 0 aromatic rings. The van der Waals surface area contributed by atoms with Crippen molar-refractivity contribution in [1.29, 1.82) is 0 Å². The minimum Gasteiger partial charge on any atom is -0.387 e. The highest BCUT2D eigenvalue weighted by molar-refractivity contribution is 5.03. The van der Waals surface area contributed by atoms with Crippen molar-refractivity contribution in [2.24, 2.45) is 0 Å². The molecule has 42 nitrogen and oxygen atoms in total. The van der Waals surface area contributed by atoms with E-state index in [9.17, 15) is 71.5 Å². The molecule has 21 aliphatic rings. The van der Waals surface area contributed by atoms with Gasteiger partial charge < -0.3 is 208 Å². The zero-order valence-electron chi connectivity index (χ0n) is 60.4. The monoisotopic (exact) mass is 1530 g/mol. The first kappa shape index (κ1) is 88.9. The quantitative estimate of drug-likeness (QED) is 0.0262. The van der Waals surface area contributed by atoms with Crippen molar-refractivity contribution in [3.8, 4) is 0 Å².